The molecule has 0 saturated carbocycles. The van der Waals surface area contributed by atoms with E-state index in [0.29, 0.717) is 5.56 Å². The lowest BCUT2D eigenvalue weighted by Crippen LogP contribution is -2.04. The first-order valence-electron chi connectivity index (χ1n) is 3.72. The molecule has 1 aromatic rings. The number of hydrogen-bond donors (Lipinski definition) is 1. The molecule has 14 heavy (non-hydrogen) atoms. The smallest absolute Gasteiger partial charge is 0.465 e. The minimum atomic E-state index is -1.39. The average Bonchev–Trinajstić information content (AvgIpc) is 2.17. The maximum absolute atomic E-state index is 11.0. The van der Waals surface area contributed by atoms with E-state index in [4.69, 9.17) is 5.11 Å². The van der Waals surface area contributed by atoms with E-state index in [9.17, 15) is 9.59 Å². The molecule has 0 amide bonds. The highest BCUT2D eigenvalue weighted by Gasteiger charge is 2.05. The van der Waals surface area contributed by atoms with E-state index in [1.165, 1.54) is 31.4 Å². The molecule has 0 bridgehead atoms. The van der Waals surface area contributed by atoms with Gasteiger partial charge >= 0.3 is 12.1 Å². The van der Waals surface area contributed by atoms with Gasteiger partial charge in [0.15, 0.2) is 0 Å². The van der Waals surface area contributed by atoms with Gasteiger partial charge in [-0.2, -0.15) is 0 Å². The summed E-state index contributed by atoms with van der Waals surface area (Å²) in [5, 5.41) is 8.28. The number of methoxy groups -OCH3 is 1. The highest BCUT2D eigenvalue weighted by molar-refractivity contribution is 5.89. The van der Waals surface area contributed by atoms with Gasteiger partial charge in [0.25, 0.3) is 0 Å². The molecule has 0 aliphatic carbocycles. The van der Waals surface area contributed by atoms with Crippen LogP contribution in [0.2, 0.25) is 0 Å². The third kappa shape index (κ3) is 2.48. The number of carbonyl (C=O) groups is 2. The van der Waals surface area contributed by atoms with Crippen LogP contribution in [0.15, 0.2) is 24.3 Å². The van der Waals surface area contributed by atoms with Gasteiger partial charge in [-0.1, -0.05) is 0 Å². The summed E-state index contributed by atoms with van der Waals surface area (Å²) in [6, 6.07) is 5.59. The maximum atomic E-state index is 11.0. The van der Waals surface area contributed by atoms with Gasteiger partial charge < -0.3 is 14.6 Å². The number of benzene rings is 1. The van der Waals surface area contributed by atoms with Crippen LogP contribution in [0.4, 0.5) is 4.79 Å². The van der Waals surface area contributed by atoms with Crippen molar-refractivity contribution in [3.63, 3.8) is 0 Å². The van der Waals surface area contributed by atoms with Crippen molar-refractivity contribution in [1.82, 2.24) is 0 Å². The van der Waals surface area contributed by atoms with Crippen molar-refractivity contribution >= 4 is 12.1 Å². The molecule has 1 rings (SSSR count). The van der Waals surface area contributed by atoms with Gasteiger partial charge in [-0.3, -0.25) is 0 Å². The van der Waals surface area contributed by atoms with Crippen LogP contribution in [0.1, 0.15) is 10.4 Å². The standard InChI is InChI=1S/C9H8O5/c1-13-8(10)6-2-4-7(5-3-6)14-9(11)12/h2-5H,1H3,(H,11,12). The van der Waals surface area contributed by atoms with Crippen LogP contribution in [0.5, 0.6) is 5.75 Å². The predicted molar refractivity (Wildman–Crippen MR) is 46.4 cm³/mol. The molecule has 0 heterocycles. The molecule has 5 nitrogen and oxygen atoms in total. The van der Waals surface area contributed by atoms with Crippen LogP contribution in [-0.4, -0.2) is 24.3 Å². The quantitative estimate of drug-likeness (QED) is 0.573. The Bertz CT molecular complexity index is 341. The number of hydrogen-bond acceptors (Lipinski definition) is 4. The molecule has 0 unspecified atom stereocenters. The Kier molecular flexibility index (Phi) is 3.06. The largest absolute Gasteiger partial charge is 0.511 e. The molecule has 0 fully saturated rings. The Morgan fingerprint density at radius 3 is 2.21 bits per heavy atom. The topological polar surface area (TPSA) is 72.8 Å². The number of rotatable bonds is 2. The number of esters is 1. The summed E-state index contributed by atoms with van der Waals surface area (Å²) in [6.07, 6.45) is -1.39. The monoisotopic (exact) mass is 196 g/mol. The van der Waals surface area contributed by atoms with Gasteiger partial charge in [0.05, 0.1) is 12.7 Å². The summed E-state index contributed by atoms with van der Waals surface area (Å²) in [7, 11) is 1.27. The van der Waals surface area contributed by atoms with E-state index in [1.54, 1.807) is 0 Å². The molecular formula is C9H8O5. The molecule has 1 aromatic carbocycles. The first-order chi connectivity index (χ1) is 6.63. The molecule has 0 atom stereocenters. The average molecular weight is 196 g/mol. The van der Waals surface area contributed by atoms with Crippen molar-refractivity contribution in [3.05, 3.63) is 29.8 Å². The van der Waals surface area contributed by atoms with Crippen LogP contribution < -0.4 is 4.74 Å². The zero-order valence-corrected chi connectivity index (χ0v) is 7.39. The Labute approximate surface area is 79.9 Å². The van der Waals surface area contributed by atoms with Crippen LogP contribution >= 0.6 is 0 Å². The fraction of sp³-hybridized carbons (Fsp3) is 0.111. The molecule has 74 valence electrons. The third-order valence-corrected chi connectivity index (χ3v) is 1.48. The minimum absolute atomic E-state index is 0.158. The van der Waals surface area contributed by atoms with Crippen molar-refractivity contribution < 1.29 is 24.2 Å². The lowest BCUT2D eigenvalue weighted by Gasteiger charge is -2.01. The Morgan fingerprint density at radius 1 is 1.21 bits per heavy atom. The Morgan fingerprint density at radius 2 is 1.79 bits per heavy atom. The number of carboxylic acid groups (broad SMARTS) is 1. The summed E-state index contributed by atoms with van der Waals surface area (Å²) in [4.78, 5) is 21.1. The van der Waals surface area contributed by atoms with E-state index < -0.39 is 12.1 Å². The van der Waals surface area contributed by atoms with Crippen LogP contribution in [-0.2, 0) is 4.74 Å². The second kappa shape index (κ2) is 4.27. The number of carbonyl (C=O) groups excluding carboxylic acids is 1. The normalized spacial score (nSPS) is 9.21. The second-order valence-electron chi connectivity index (χ2n) is 2.38. The first kappa shape index (κ1) is 10.0. The summed E-state index contributed by atoms with van der Waals surface area (Å²) in [5.41, 5.74) is 0.338. The van der Waals surface area contributed by atoms with Crippen molar-refractivity contribution in [2.45, 2.75) is 0 Å². The van der Waals surface area contributed by atoms with Gasteiger partial charge in [-0.25, -0.2) is 9.59 Å². The zero-order chi connectivity index (χ0) is 10.6. The van der Waals surface area contributed by atoms with E-state index in [2.05, 4.69) is 9.47 Å². The molecular weight excluding hydrogens is 188 g/mol. The molecule has 0 radical (unpaired) electrons. The number of ether oxygens (including phenoxy) is 2. The van der Waals surface area contributed by atoms with E-state index >= 15 is 0 Å². The molecule has 0 aliphatic heterocycles. The van der Waals surface area contributed by atoms with Crippen molar-refractivity contribution in [2.24, 2.45) is 0 Å². The second-order valence-corrected chi connectivity index (χ2v) is 2.38. The summed E-state index contributed by atoms with van der Waals surface area (Å²) < 4.78 is 8.81. The third-order valence-electron chi connectivity index (χ3n) is 1.48. The maximum Gasteiger partial charge on any atom is 0.511 e. The summed E-state index contributed by atoms with van der Waals surface area (Å²) in [5.74, 6) is -0.322. The summed E-state index contributed by atoms with van der Waals surface area (Å²) >= 11 is 0. The van der Waals surface area contributed by atoms with Gasteiger partial charge in [0, 0.05) is 0 Å². The van der Waals surface area contributed by atoms with Crippen molar-refractivity contribution in [1.29, 1.82) is 0 Å². The van der Waals surface area contributed by atoms with Gasteiger partial charge in [-0.05, 0) is 24.3 Å². The highest BCUT2D eigenvalue weighted by Crippen LogP contribution is 2.12. The summed E-state index contributed by atoms with van der Waals surface area (Å²) in [6.45, 7) is 0. The highest BCUT2D eigenvalue weighted by atomic mass is 16.7. The minimum Gasteiger partial charge on any atom is -0.465 e. The molecule has 0 spiro atoms. The molecule has 0 aromatic heterocycles. The van der Waals surface area contributed by atoms with Crippen molar-refractivity contribution in [2.75, 3.05) is 7.11 Å². The SMILES string of the molecule is COC(=O)c1ccc(OC(=O)O)cc1. The predicted octanol–water partition coefficient (Wildman–Crippen LogP) is 1.53. The van der Waals surface area contributed by atoms with E-state index in [-0.39, 0.29) is 5.75 Å². The fourth-order valence-electron chi connectivity index (χ4n) is 0.878. The lowest BCUT2D eigenvalue weighted by molar-refractivity contribution is 0.0600. The zero-order valence-electron chi connectivity index (χ0n) is 7.39. The van der Waals surface area contributed by atoms with E-state index in [0.717, 1.165) is 0 Å². The Hall–Kier alpha value is -2.04. The van der Waals surface area contributed by atoms with Crippen molar-refractivity contribution in [3.8, 4) is 5.75 Å². The Balaban J connectivity index is 2.78. The molecule has 0 aliphatic rings. The van der Waals surface area contributed by atoms with Crippen LogP contribution in [0.25, 0.3) is 0 Å². The lowest BCUT2D eigenvalue weighted by atomic mass is 10.2. The van der Waals surface area contributed by atoms with Gasteiger partial charge in [0.2, 0.25) is 0 Å². The molecule has 1 N–H and O–H groups in total. The fourth-order valence-corrected chi connectivity index (χ4v) is 0.878. The van der Waals surface area contributed by atoms with E-state index in [1.807, 2.05) is 0 Å². The first-order valence-corrected chi connectivity index (χ1v) is 3.72. The van der Waals surface area contributed by atoms with Crippen LogP contribution in [0.3, 0.4) is 0 Å². The van der Waals surface area contributed by atoms with Gasteiger partial charge in [-0.15, -0.1) is 0 Å². The molecule has 5 heteroatoms. The molecule has 0 saturated heterocycles. The van der Waals surface area contributed by atoms with Gasteiger partial charge in [0.1, 0.15) is 5.75 Å². The van der Waals surface area contributed by atoms with Crippen LogP contribution in [0, 0.1) is 0 Å².